The first-order chi connectivity index (χ1) is 13.5. The van der Waals surface area contributed by atoms with Crippen molar-refractivity contribution in [1.82, 2.24) is 10.2 Å². The number of benzene rings is 1. The van der Waals surface area contributed by atoms with Crippen molar-refractivity contribution < 1.29 is 19.1 Å². The molecule has 1 fully saturated rings. The highest BCUT2D eigenvalue weighted by molar-refractivity contribution is 5.98. The minimum absolute atomic E-state index is 0.0643. The number of piperazine rings is 1. The van der Waals surface area contributed by atoms with Crippen molar-refractivity contribution in [2.24, 2.45) is 5.41 Å². The summed E-state index contributed by atoms with van der Waals surface area (Å²) in [4.78, 5) is 39.0. The number of amides is 3. The molecule has 1 atom stereocenters. The lowest BCUT2D eigenvalue weighted by Crippen LogP contribution is -2.58. The van der Waals surface area contributed by atoms with Crippen molar-refractivity contribution in [2.45, 2.75) is 53.1 Å². The van der Waals surface area contributed by atoms with E-state index in [-0.39, 0.29) is 30.2 Å². The van der Waals surface area contributed by atoms with Crippen molar-refractivity contribution in [1.29, 1.82) is 0 Å². The number of hydrogen-bond donors (Lipinski definition) is 3. The smallest absolute Gasteiger partial charge is 0.237 e. The zero-order valence-electron chi connectivity index (χ0n) is 18.1. The fraction of sp³-hybridized carbons (Fsp3) is 0.571. The van der Waals surface area contributed by atoms with Gasteiger partial charge in [-0.3, -0.25) is 19.3 Å². The lowest BCUT2D eigenvalue weighted by atomic mass is 9.95. The van der Waals surface area contributed by atoms with E-state index in [9.17, 15) is 14.4 Å². The molecule has 1 heterocycles. The van der Waals surface area contributed by atoms with E-state index in [4.69, 9.17) is 4.74 Å². The van der Waals surface area contributed by atoms with E-state index in [1.807, 2.05) is 39.5 Å². The van der Waals surface area contributed by atoms with Gasteiger partial charge in [0.25, 0.3) is 0 Å². The van der Waals surface area contributed by atoms with Crippen LogP contribution in [0.25, 0.3) is 0 Å². The number of hydrogen-bond acceptors (Lipinski definition) is 5. The number of methoxy groups -OCH3 is 1. The molecule has 29 heavy (non-hydrogen) atoms. The molecule has 1 saturated heterocycles. The van der Waals surface area contributed by atoms with E-state index in [0.29, 0.717) is 23.7 Å². The molecule has 1 unspecified atom stereocenters. The van der Waals surface area contributed by atoms with Crippen LogP contribution in [0, 0.1) is 5.41 Å². The molecule has 1 aromatic carbocycles. The van der Waals surface area contributed by atoms with Gasteiger partial charge in [-0.05, 0) is 26.0 Å². The van der Waals surface area contributed by atoms with Gasteiger partial charge in [0.05, 0.1) is 25.3 Å². The third-order valence-corrected chi connectivity index (χ3v) is 4.83. The number of nitrogens with one attached hydrogen (secondary N) is 3. The van der Waals surface area contributed by atoms with Gasteiger partial charge in [0, 0.05) is 36.3 Å². The Morgan fingerprint density at radius 3 is 2.55 bits per heavy atom. The lowest BCUT2D eigenvalue weighted by Gasteiger charge is -2.37. The standard InChI is InChI=1S/C21H32N4O4/c1-13(2)25-10-9-22-19(27)16(25)12-18(26)23-14-7-8-15(17(11-14)29-6)24-20(28)21(3,4)5/h7-8,11,13,16H,9-10,12H2,1-6H3,(H,22,27)(H,23,26)(H,24,28). The highest BCUT2D eigenvalue weighted by atomic mass is 16.5. The van der Waals surface area contributed by atoms with Crippen LogP contribution in [0.4, 0.5) is 11.4 Å². The minimum Gasteiger partial charge on any atom is -0.494 e. The third kappa shape index (κ3) is 5.93. The summed E-state index contributed by atoms with van der Waals surface area (Å²) < 4.78 is 5.36. The Balaban J connectivity index is 2.08. The van der Waals surface area contributed by atoms with Gasteiger partial charge in [0.15, 0.2) is 0 Å². The first-order valence-corrected chi connectivity index (χ1v) is 9.85. The zero-order valence-corrected chi connectivity index (χ0v) is 18.1. The van der Waals surface area contributed by atoms with Crippen molar-refractivity contribution in [3.05, 3.63) is 18.2 Å². The van der Waals surface area contributed by atoms with Crippen molar-refractivity contribution in [3.8, 4) is 5.75 Å². The topological polar surface area (TPSA) is 99.8 Å². The van der Waals surface area contributed by atoms with Crippen LogP contribution in [-0.4, -0.2) is 54.9 Å². The molecule has 0 aliphatic carbocycles. The molecule has 160 valence electrons. The average Bonchev–Trinajstić information content (AvgIpc) is 2.63. The van der Waals surface area contributed by atoms with Crippen LogP contribution in [0.2, 0.25) is 0 Å². The number of rotatable bonds is 6. The first kappa shape index (κ1) is 22.7. The quantitative estimate of drug-likeness (QED) is 0.675. The van der Waals surface area contributed by atoms with Gasteiger partial charge in [0.1, 0.15) is 5.75 Å². The highest BCUT2D eigenvalue weighted by Crippen LogP contribution is 2.30. The number of carbonyl (C=O) groups is 3. The zero-order chi connectivity index (χ0) is 21.8. The van der Waals surface area contributed by atoms with Crippen LogP contribution >= 0.6 is 0 Å². The van der Waals surface area contributed by atoms with Crippen LogP contribution in [0.5, 0.6) is 5.75 Å². The van der Waals surface area contributed by atoms with Crippen LogP contribution in [-0.2, 0) is 14.4 Å². The molecule has 8 nitrogen and oxygen atoms in total. The molecule has 3 amide bonds. The molecule has 1 aliphatic heterocycles. The SMILES string of the molecule is COc1cc(NC(=O)CC2C(=O)NCCN2C(C)C)ccc1NC(=O)C(C)(C)C. The Hall–Kier alpha value is -2.61. The van der Waals surface area contributed by atoms with Gasteiger partial charge in [0.2, 0.25) is 17.7 Å². The molecule has 3 N–H and O–H groups in total. The molecule has 0 radical (unpaired) electrons. The Bertz CT molecular complexity index is 770. The van der Waals surface area contributed by atoms with E-state index < -0.39 is 11.5 Å². The van der Waals surface area contributed by atoms with E-state index in [2.05, 4.69) is 16.0 Å². The predicted octanol–water partition coefficient (Wildman–Crippen LogP) is 2.22. The molecule has 8 heteroatoms. The van der Waals surface area contributed by atoms with Gasteiger partial charge >= 0.3 is 0 Å². The summed E-state index contributed by atoms with van der Waals surface area (Å²) >= 11 is 0. The molecule has 1 aliphatic rings. The normalized spacial score (nSPS) is 17.6. The fourth-order valence-corrected chi connectivity index (χ4v) is 3.13. The largest absolute Gasteiger partial charge is 0.494 e. The molecule has 0 spiro atoms. The second-order valence-corrected chi connectivity index (χ2v) is 8.51. The van der Waals surface area contributed by atoms with Gasteiger partial charge in [-0.15, -0.1) is 0 Å². The summed E-state index contributed by atoms with van der Waals surface area (Å²) in [5, 5.41) is 8.47. The van der Waals surface area contributed by atoms with Crippen molar-refractivity contribution >= 4 is 29.1 Å². The Labute approximate surface area is 172 Å². The van der Waals surface area contributed by atoms with Gasteiger partial charge in [-0.1, -0.05) is 20.8 Å². The summed E-state index contributed by atoms with van der Waals surface area (Å²) in [5.74, 6) is -0.0755. The Morgan fingerprint density at radius 2 is 1.97 bits per heavy atom. The summed E-state index contributed by atoms with van der Waals surface area (Å²) in [6.45, 7) is 10.8. The minimum atomic E-state index is -0.541. The van der Waals surface area contributed by atoms with E-state index >= 15 is 0 Å². The van der Waals surface area contributed by atoms with Crippen LogP contribution in [0.15, 0.2) is 18.2 Å². The van der Waals surface area contributed by atoms with E-state index in [1.165, 1.54) is 7.11 Å². The monoisotopic (exact) mass is 404 g/mol. The highest BCUT2D eigenvalue weighted by Gasteiger charge is 2.33. The maximum absolute atomic E-state index is 12.6. The third-order valence-electron chi connectivity index (χ3n) is 4.83. The molecular formula is C21H32N4O4. The van der Waals surface area contributed by atoms with Crippen LogP contribution < -0.4 is 20.7 Å². The van der Waals surface area contributed by atoms with E-state index in [1.54, 1.807) is 18.2 Å². The molecule has 2 rings (SSSR count). The number of carbonyl (C=O) groups excluding carboxylic acids is 3. The van der Waals surface area contributed by atoms with Crippen LogP contribution in [0.1, 0.15) is 41.0 Å². The maximum atomic E-state index is 12.6. The summed E-state index contributed by atoms with van der Waals surface area (Å²) in [6, 6.07) is 4.71. The van der Waals surface area contributed by atoms with E-state index in [0.717, 1.165) is 6.54 Å². The Kier molecular flexibility index (Phi) is 7.24. The first-order valence-electron chi connectivity index (χ1n) is 9.85. The fourth-order valence-electron chi connectivity index (χ4n) is 3.13. The lowest BCUT2D eigenvalue weighted by molar-refractivity contribution is -0.133. The summed E-state index contributed by atoms with van der Waals surface area (Å²) in [6.07, 6.45) is 0.0643. The predicted molar refractivity (Wildman–Crippen MR) is 113 cm³/mol. The molecule has 0 bridgehead atoms. The molecule has 0 saturated carbocycles. The Morgan fingerprint density at radius 1 is 1.28 bits per heavy atom. The van der Waals surface area contributed by atoms with Crippen molar-refractivity contribution in [2.75, 3.05) is 30.8 Å². The maximum Gasteiger partial charge on any atom is 0.237 e. The van der Waals surface area contributed by atoms with Gasteiger partial charge in [-0.25, -0.2) is 0 Å². The summed E-state index contributed by atoms with van der Waals surface area (Å²) in [5.41, 5.74) is 0.525. The number of nitrogens with zero attached hydrogens (tertiary/aromatic N) is 1. The number of anilines is 2. The molecular weight excluding hydrogens is 372 g/mol. The second kappa shape index (κ2) is 9.26. The van der Waals surface area contributed by atoms with Gasteiger partial charge in [-0.2, -0.15) is 0 Å². The van der Waals surface area contributed by atoms with Crippen LogP contribution in [0.3, 0.4) is 0 Å². The summed E-state index contributed by atoms with van der Waals surface area (Å²) in [7, 11) is 1.50. The molecule has 0 aromatic heterocycles. The number of ether oxygens (including phenoxy) is 1. The second-order valence-electron chi connectivity index (χ2n) is 8.51. The average molecular weight is 405 g/mol. The van der Waals surface area contributed by atoms with Crippen molar-refractivity contribution in [3.63, 3.8) is 0 Å². The molecule has 1 aromatic rings. The van der Waals surface area contributed by atoms with Gasteiger partial charge < -0.3 is 20.7 Å².